The summed E-state index contributed by atoms with van der Waals surface area (Å²) in [4.78, 5) is 4.22. The van der Waals surface area contributed by atoms with Crippen LogP contribution in [-0.4, -0.2) is 16.2 Å². The first-order chi connectivity index (χ1) is 12.1. The van der Waals surface area contributed by atoms with Crippen LogP contribution < -0.4 is 9.47 Å². The Morgan fingerprint density at radius 2 is 1.96 bits per heavy atom. The molecule has 3 aromatic rings. The summed E-state index contributed by atoms with van der Waals surface area (Å²) in [5.74, 6) is 0.873. The molecule has 2 aromatic carbocycles. The standard InChI is InChI=1S/C18H15F2N3O2/c1-2-24-16-9-12(10-21)7-8-15(16)25-11-17-22-13-5-3-4-6-14(13)23(17)18(19)20/h3-9,18H,2,11H2,1H3. The van der Waals surface area contributed by atoms with Gasteiger partial charge in [0.25, 0.3) is 0 Å². The second-order valence-corrected chi connectivity index (χ2v) is 5.16. The minimum absolute atomic E-state index is 0.114. The summed E-state index contributed by atoms with van der Waals surface area (Å²) in [5.41, 5.74) is 1.25. The molecule has 3 rings (SSSR count). The van der Waals surface area contributed by atoms with Gasteiger partial charge in [-0.3, -0.25) is 4.57 Å². The number of hydrogen-bond acceptors (Lipinski definition) is 4. The Morgan fingerprint density at radius 3 is 2.68 bits per heavy atom. The molecule has 0 aliphatic carbocycles. The average Bonchev–Trinajstić information content (AvgIpc) is 2.99. The highest BCUT2D eigenvalue weighted by molar-refractivity contribution is 5.75. The van der Waals surface area contributed by atoms with E-state index in [1.807, 2.05) is 6.07 Å². The molecule has 0 bridgehead atoms. The molecule has 0 saturated heterocycles. The fourth-order valence-electron chi connectivity index (χ4n) is 2.52. The fourth-order valence-corrected chi connectivity index (χ4v) is 2.52. The molecule has 0 spiro atoms. The lowest BCUT2D eigenvalue weighted by Gasteiger charge is -2.13. The third-order valence-corrected chi connectivity index (χ3v) is 3.59. The topological polar surface area (TPSA) is 60.1 Å². The lowest BCUT2D eigenvalue weighted by molar-refractivity contribution is 0.0676. The molecule has 0 radical (unpaired) electrons. The van der Waals surface area contributed by atoms with Crippen molar-refractivity contribution >= 4 is 11.0 Å². The Morgan fingerprint density at radius 1 is 1.16 bits per heavy atom. The van der Waals surface area contributed by atoms with E-state index in [1.54, 1.807) is 49.4 Å². The zero-order valence-electron chi connectivity index (χ0n) is 13.4. The molecule has 0 atom stereocenters. The van der Waals surface area contributed by atoms with Gasteiger partial charge in [-0.25, -0.2) is 4.98 Å². The summed E-state index contributed by atoms with van der Waals surface area (Å²) < 4.78 is 38.8. The van der Waals surface area contributed by atoms with Crippen LogP contribution in [0.5, 0.6) is 11.5 Å². The first-order valence-corrected chi connectivity index (χ1v) is 7.67. The fraction of sp³-hybridized carbons (Fsp3) is 0.222. The van der Waals surface area contributed by atoms with E-state index in [1.165, 1.54) is 0 Å². The van der Waals surface area contributed by atoms with E-state index >= 15 is 0 Å². The van der Waals surface area contributed by atoms with Crippen LogP contribution in [0, 0.1) is 11.3 Å². The molecule has 0 saturated carbocycles. The number of fused-ring (bicyclic) bond motifs is 1. The Kier molecular flexibility index (Phi) is 4.80. The molecule has 0 amide bonds. The summed E-state index contributed by atoms with van der Waals surface area (Å²) in [7, 11) is 0. The van der Waals surface area contributed by atoms with Crippen LogP contribution in [-0.2, 0) is 6.61 Å². The maximum atomic E-state index is 13.4. The SMILES string of the molecule is CCOc1cc(C#N)ccc1OCc1nc2ccccc2n1C(F)F. The molecule has 7 heteroatoms. The first-order valence-electron chi connectivity index (χ1n) is 7.67. The van der Waals surface area contributed by atoms with Crippen LogP contribution in [0.25, 0.3) is 11.0 Å². The van der Waals surface area contributed by atoms with Gasteiger partial charge < -0.3 is 9.47 Å². The predicted molar refractivity (Wildman–Crippen MR) is 87.6 cm³/mol. The smallest absolute Gasteiger partial charge is 0.320 e. The number of imidazole rings is 1. The Labute approximate surface area is 143 Å². The van der Waals surface area contributed by atoms with Crippen LogP contribution >= 0.6 is 0 Å². The summed E-state index contributed by atoms with van der Waals surface area (Å²) >= 11 is 0. The van der Waals surface area contributed by atoms with Crippen LogP contribution in [0.15, 0.2) is 42.5 Å². The number of rotatable bonds is 6. The molecule has 0 aliphatic heterocycles. The molecule has 0 unspecified atom stereocenters. The van der Waals surface area contributed by atoms with E-state index in [4.69, 9.17) is 14.7 Å². The predicted octanol–water partition coefficient (Wildman–Crippen LogP) is 4.28. The van der Waals surface area contributed by atoms with Gasteiger partial charge in [0.1, 0.15) is 6.61 Å². The molecular formula is C18H15F2N3O2. The summed E-state index contributed by atoms with van der Waals surface area (Å²) in [5, 5.41) is 8.96. The van der Waals surface area contributed by atoms with Crippen molar-refractivity contribution in [3.8, 4) is 17.6 Å². The maximum absolute atomic E-state index is 13.4. The van der Waals surface area contributed by atoms with Gasteiger partial charge >= 0.3 is 6.55 Å². The summed E-state index contributed by atoms with van der Waals surface area (Å²) in [6.07, 6.45) is 0. The normalized spacial score (nSPS) is 10.8. The molecule has 25 heavy (non-hydrogen) atoms. The van der Waals surface area contributed by atoms with Gasteiger partial charge in [-0.1, -0.05) is 12.1 Å². The van der Waals surface area contributed by atoms with E-state index in [-0.39, 0.29) is 12.4 Å². The third-order valence-electron chi connectivity index (χ3n) is 3.59. The van der Waals surface area contributed by atoms with Crippen molar-refractivity contribution in [2.24, 2.45) is 0 Å². The van der Waals surface area contributed by atoms with E-state index in [0.717, 1.165) is 4.57 Å². The largest absolute Gasteiger partial charge is 0.490 e. The van der Waals surface area contributed by atoms with Gasteiger partial charge in [0.05, 0.1) is 29.3 Å². The molecule has 1 aromatic heterocycles. The van der Waals surface area contributed by atoms with Gasteiger partial charge in [-0.05, 0) is 31.2 Å². The molecule has 5 nitrogen and oxygen atoms in total. The Balaban J connectivity index is 1.91. The number of benzene rings is 2. The van der Waals surface area contributed by atoms with Gasteiger partial charge in [0, 0.05) is 6.07 Å². The van der Waals surface area contributed by atoms with Crippen molar-refractivity contribution in [3.05, 3.63) is 53.9 Å². The highest BCUT2D eigenvalue weighted by Crippen LogP contribution is 2.30. The van der Waals surface area contributed by atoms with Crippen molar-refractivity contribution in [1.29, 1.82) is 5.26 Å². The Hall–Kier alpha value is -3.14. The number of nitriles is 1. The number of para-hydroxylation sites is 2. The molecule has 0 fully saturated rings. The molecule has 0 aliphatic rings. The first kappa shape index (κ1) is 16.7. The number of halogens is 2. The summed E-state index contributed by atoms with van der Waals surface area (Å²) in [6.45, 7) is -0.677. The Bertz CT molecular complexity index is 932. The lowest BCUT2D eigenvalue weighted by Crippen LogP contribution is -2.08. The number of alkyl halides is 2. The van der Waals surface area contributed by atoms with Crippen molar-refractivity contribution in [1.82, 2.24) is 9.55 Å². The van der Waals surface area contributed by atoms with E-state index in [9.17, 15) is 8.78 Å². The van der Waals surface area contributed by atoms with Gasteiger partial charge in [0.15, 0.2) is 17.3 Å². The number of aromatic nitrogens is 2. The van der Waals surface area contributed by atoms with Gasteiger partial charge in [-0.15, -0.1) is 0 Å². The van der Waals surface area contributed by atoms with Crippen LogP contribution in [0.1, 0.15) is 24.9 Å². The molecule has 0 N–H and O–H groups in total. The number of ether oxygens (including phenoxy) is 2. The maximum Gasteiger partial charge on any atom is 0.320 e. The number of hydrogen-bond donors (Lipinski definition) is 0. The van der Waals surface area contributed by atoms with Gasteiger partial charge in [0.2, 0.25) is 0 Å². The average molecular weight is 343 g/mol. The molecular weight excluding hydrogens is 328 g/mol. The van der Waals surface area contributed by atoms with Crippen molar-refractivity contribution in [2.45, 2.75) is 20.1 Å². The van der Waals surface area contributed by atoms with Gasteiger partial charge in [-0.2, -0.15) is 14.0 Å². The second kappa shape index (κ2) is 7.18. The van der Waals surface area contributed by atoms with Crippen molar-refractivity contribution in [3.63, 3.8) is 0 Å². The zero-order valence-corrected chi connectivity index (χ0v) is 13.4. The van der Waals surface area contributed by atoms with E-state index in [0.29, 0.717) is 34.7 Å². The van der Waals surface area contributed by atoms with Crippen LogP contribution in [0.4, 0.5) is 8.78 Å². The summed E-state index contributed by atoms with van der Waals surface area (Å²) in [6, 6.07) is 13.4. The van der Waals surface area contributed by atoms with Crippen LogP contribution in [0.2, 0.25) is 0 Å². The molecule has 128 valence electrons. The van der Waals surface area contributed by atoms with Crippen molar-refractivity contribution < 1.29 is 18.3 Å². The molecule has 1 heterocycles. The number of nitrogens with zero attached hydrogens (tertiary/aromatic N) is 3. The minimum atomic E-state index is -2.72. The van der Waals surface area contributed by atoms with E-state index < -0.39 is 6.55 Å². The quantitative estimate of drug-likeness (QED) is 0.670. The second-order valence-electron chi connectivity index (χ2n) is 5.16. The van der Waals surface area contributed by atoms with Crippen molar-refractivity contribution in [2.75, 3.05) is 6.61 Å². The lowest BCUT2D eigenvalue weighted by atomic mass is 10.2. The van der Waals surface area contributed by atoms with Crippen LogP contribution in [0.3, 0.4) is 0 Å². The highest BCUT2D eigenvalue weighted by atomic mass is 19.3. The van der Waals surface area contributed by atoms with E-state index in [2.05, 4.69) is 4.98 Å². The highest BCUT2D eigenvalue weighted by Gasteiger charge is 2.18. The monoisotopic (exact) mass is 343 g/mol. The minimum Gasteiger partial charge on any atom is -0.490 e. The zero-order chi connectivity index (χ0) is 17.8. The third kappa shape index (κ3) is 3.38.